The summed E-state index contributed by atoms with van der Waals surface area (Å²) in [7, 11) is 1.83. The number of nitrogens with zero attached hydrogens (tertiary/aromatic N) is 3. The Morgan fingerprint density at radius 3 is 3.00 bits per heavy atom. The molecule has 0 fully saturated rings. The Bertz CT molecular complexity index is 771. The van der Waals surface area contributed by atoms with Gasteiger partial charge in [0, 0.05) is 47.1 Å². The highest BCUT2D eigenvalue weighted by Gasteiger charge is 2.10. The van der Waals surface area contributed by atoms with Crippen LogP contribution in [-0.2, 0) is 7.05 Å². The quantitative estimate of drug-likeness (QED) is 0.762. The third kappa shape index (κ3) is 3.06. The molecule has 2 N–H and O–H groups in total. The fraction of sp³-hybridized carbons (Fsp3) is 0.200. The van der Waals surface area contributed by atoms with Crippen LogP contribution < -0.4 is 5.32 Å². The standard InChI is InChI=1S/C15H15BrN4O/c1-20-9-10(7-19-20)15(21)8-18-13-4-5-17-14-6-11(16)2-3-12(13)14/h2-7,9,15,21H,8H2,1H3,(H,17,18). The number of fused-ring (bicyclic) bond motifs is 1. The molecule has 2 aromatic heterocycles. The molecule has 108 valence electrons. The number of hydrogen-bond donors (Lipinski definition) is 2. The Morgan fingerprint density at radius 1 is 1.38 bits per heavy atom. The van der Waals surface area contributed by atoms with E-state index in [1.165, 1.54) is 0 Å². The molecule has 3 aromatic rings. The summed E-state index contributed by atoms with van der Waals surface area (Å²) in [6.45, 7) is 0.418. The molecule has 0 aliphatic carbocycles. The smallest absolute Gasteiger partial charge is 0.0992 e. The minimum absolute atomic E-state index is 0.418. The molecule has 0 aliphatic heterocycles. The van der Waals surface area contributed by atoms with Gasteiger partial charge in [0.05, 0.1) is 17.8 Å². The Hall–Kier alpha value is -1.92. The monoisotopic (exact) mass is 346 g/mol. The number of rotatable bonds is 4. The van der Waals surface area contributed by atoms with E-state index in [0.717, 1.165) is 26.6 Å². The van der Waals surface area contributed by atoms with Gasteiger partial charge in [-0.3, -0.25) is 9.67 Å². The zero-order valence-electron chi connectivity index (χ0n) is 11.5. The van der Waals surface area contributed by atoms with Crippen LogP contribution in [-0.4, -0.2) is 26.4 Å². The number of aliphatic hydroxyl groups is 1. The van der Waals surface area contributed by atoms with Crippen molar-refractivity contribution in [3.63, 3.8) is 0 Å². The number of aliphatic hydroxyl groups excluding tert-OH is 1. The molecular formula is C15H15BrN4O. The van der Waals surface area contributed by atoms with Gasteiger partial charge in [-0.1, -0.05) is 15.9 Å². The van der Waals surface area contributed by atoms with Gasteiger partial charge in [0.25, 0.3) is 0 Å². The van der Waals surface area contributed by atoms with Gasteiger partial charge < -0.3 is 10.4 Å². The van der Waals surface area contributed by atoms with E-state index in [-0.39, 0.29) is 0 Å². The minimum Gasteiger partial charge on any atom is -0.386 e. The number of hydrogen-bond acceptors (Lipinski definition) is 4. The highest BCUT2D eigenvalue weighted by Crippen LogP contribution is 2.25. The van der Waals surface area contributed by atoms with Crippen molar-refractivity contribution in [2.24, 2.45) is 7.05 Å². The van der Waals surface area contributed by atoms with E-state index in [1.54, 1.807) is 17.1 Å². The maximum Gasteiger partial charge on any atom is 0.0992 e. The largest absolute Gasteiger partial charge is 0.386 e. The van der Waals surface area contributed by atoms with Crippen LogP contribution in [0.2, 0.25) is 0 Å². The van der Waals surface area contributed by atoms with Crippen LogP contribution in [0.15, 0.2) is 47.3 Å². The van der Waals surface area contributed by atoms with Crippen LogP contribution in [0.4, 0.5) is 5.69 Å². The highest BCUT2D eigenvalue weighted by atomic mass is 79.9. The van der Waals surface area contributed by atoms with Crippen molar-refractivity contribution in [1.82, 2.24) is 14.8 Å². The van der Waals surface area contributed by atoms with Crippen LogP contribution >= 0.6 is 15.9 Å². The first-order valence-electron chi connectivity index (χ1n) is 6.58. The van der Waals surface area contributed by atoms with Gasteiger partial charge in [-0.25, -0.2) is 0 Å². The average molecular weight is 347 g/mol. The van der Waals surface area contributed by atoms with Crippen LogP contribution in [0.25, 0.3) is 10.9 Å². The Morgan fingerprint density at radius 2 is 2.24 bits per heavy atom. The summed E-state index contributed by atoms with van der Waals surface area (Å²) in [5.74, 6) is 0. The van der Waals surface area contributed by atoms with Gasteiger partial charge in [0.1, 0.15) is 0 Å². The fourth-order valence-electron chi connectivity index (χ4n) is 2.21. The summed E-state index contributed by atoms with van der Waals surface area (Å²) in [5.41, 5.74) is 2.66. The molecule has 1 atom stereocenters. The first-order chi connectivity index (χ1) is 10.1. The Balaban J connectivity index is 1.79. The molecule has 6 heteroatoms. The molecule has 0 saturated carbocycles. The molecular weight excluding hydrogens is 332 g/mol. The minimum atomic E-state index is -0.600. The van der Waals surface area contributed by atoms with Crippen molar-refractivity contribution in [2.75, 3.05) is 11.9 Å². The van der Waals surface area contributed by atoms with Crippen molar-refractivity contribution in [1.29, 1.82) is 0 Å². The van der Waals surface area contributed by atoms with E-state index >= 15 is 0 Å². The van der Waals surface area contributed by atoms with Crippen LogP contribution in [0, 0.1) is 0 Å². The van der Waals surface area contributed by atoms with Gasteiger partial charge in [-0.15, -0.1) is 0 Å². The Kier molecular flexibility index (Phi) is 3.90. The maximum atomic E-state index is 10.2. The highest BCUT2D eigenvalue weighted by molar-refractivity contribution is 9.10. The number of pyridine rings is 1. The lowest BCUT2D eigenvalue weighted by molar-refractivity contribution is 0.191. The van der Waals surface area contributed by atoms with Gasteiger partial charge in [-0.05, 0) is 24.3 Å². The molecule has 5 nitrogen and oxygen atoms in total. The third-order valence-corrected chi connectivity index (χ3v) is 3.79. The number of nitrogens with one attached hydrogen (secondary N) is 1. The molecule has 0 radical (unpaired) electrons. The van der Waals surface area contributed by atoms with Crippen LogP contribution in [0.1, 0.15) is 11.7 Å². The summed E-state index contributed by atoms with van der Waals surface area (Å²) >= 11 is 3.44. The molecule has 0 saturated heterocycles. The SMILES string of the molecule is Cn1cc(C(O)CNc2ccnc3cc(Br)ccc23)cn1. The molecule has 0 aliphatic rings. The summed E-state index contributed by atoms with van der Waals surface area (Å²) in [6.07, 6.45) is 4.65. The van der Waals surface area contributed by atoms with E-state index in [0.29, 0.717) is 6.54 Å². The van der Waals surface area contributed by atoms with Crippen LogP contribution in [0.3, 0.4) is 0 Å². The third-order valence-electron chi connectivity index (χ3n) is 3.30. The van der Waals surface area contributed by atoms with E-state index < -0.39 is 6.10 Å². The van der Waals surface area contributed by atoms with E-state index in [4.69, 9.17) is 0 Å². The normalized spacial score (nSPS) is 12.5. The number of benzene rings is 1. The lowest BCUT2D eigenvalue weighted by Crippen LogP contribution is -2.12. The van der Waals surface area contributed by atoms with E-state index in [1.807, 2.05) is 37.5 Å². The summed E-state index contributed by atoms with van der Waals surface area (Å²) in [4.78, 5) is 4.35. The van der Waals surface area contributed by atoms with Gasteiger partial charge in [0.2, 0.25) is 0 Å². The predicted octanol–water partition coefficient (Wildman–Crippen LogP) is 2.88. The summed E-state index contributed by atoms with van der Waals surface area (Å²) in [5, 5.41) is 18.5. The predicted molar refractivity (Wildman–Crippen MR) is 86.1 cm³/mol. The maximum absolute atomic E-state index is 10.2. The average Bonchev–Trinajstić information content (AvgIpc) is 2.91. The number of halogens is 1. The molecule has 3 rings (SSSR count). The van der Waals surface area contributed by atoms with E-state index in [2.05, 4.69) is 31.3 Å². The Labute approximate surface area is 130 Å². The lowest BCUT2D eigenvalue weighted by Gasteiger charge is -2.13. The van der Waals surface area contributed by atoms with Crippen LogP contribution in [0.5, 0.6) is 0 Å². The molecule has 2 heterocycles. The van der Waals surface area contributed by atoms with Gasteiger partial charge in [-0.2, -0.15) is 5.10 Å². The second-order valence-corrected chi connectivity index (χ2v) is 5.78. The molecule has 0 bridgehead atoms. The lowest BCUT2D eigenvalue weighted by atomic mass is 10.1. The molecule has 0 amide bonds. The molecule has 21 heavy (non-hydrogen) atoms. The van der Waals surface area contributed by atoms with Crippen molar-refractivity contribution in [2.45, 2.75) is 6.10 Å². The second-order valence-electron chi connectivity index (χ2n) is 4.86. The second kappa shape index (κ2) is 5.83. The zero-order valence-corrected chi connectivity index (χ0v) is 13.1. The molecule has 1 unspecified atom stereocenters. The van der Waals surface area contributed by atoms with Gasteiger partial charge >= 0.3 is 0 Å². The van der Waals surface area contributed by atoms with Crippen molar-refractivity contribution in [3.05, 3.63) is 52.9 Å². The van der Waals surface area contributed by atoms with E-state index in [9.17, 15) is 5.11 Å². The van der Waals surface area contributed by atoms with Gasteiger partial charge in [0.15, 0.2) is 0 Å². The molecule has 0 spiro atoms. The first kappa shape index (κ1) is 14.0. The number of aromatic nitrogens is 3. The number of anilines is 1. The first-order valence-corrected chi connectivity index (χ1v) is 7.37. The van der Waals surface area contributed by atoms with Crippen molar-refractivity contribution >= 4 is 32.5 Å². The van der Waals surface area contributed by atoms with Crippen molar-refractivity contribution in [3.8, 4) is 0 Å². The molecule has 1 aromatic carbocycles. The fourth-order valence-corrected chi connectivity index (χ4v) is 2.56. The summed E-state index contributed by atoms with van der Waals surface area (Å²) < 4.78 is 2.67. The number of aryl methyl sites for hydroxylation is 1. The zero-order chi connectivity index (χ0) is 14.8. The topological polar surface area (TPSA) is 63.0 Å². The summed E-state index contributed by atoms with van der Waals surface area (Å²) in [6, 6.07) is 7.86. The van der Waals surface area contributed by atoms with Crippen molar-refractivity contribution < 1.29 is 5.11 Å².